The predicted molar refractivity (Wildman–Crippen MR) is 154 cm³/mol. The average molecular weight is 569 g/mol. The topological polar surface area (TPSA) is 159 Å². The lowest BCUT2D eigenvalue weighted by Gasteiger charge is -2.34. The van der Waals surface area contributed by atoms with Crippen LogP contribution in [0.5, 0.6) is 5.75 Å². The lowest BCUT2D eigenvalue weighted by Crippen LogP contribution is -2.46. The van der Waals surface area contributed by atoms with E-state index in [0.717, 1.165) is 31.4 Å². The number of hydrogen-bond acceptors (Lipinski definition) is 7. The molecule has 222 valence electrons. The Morgan fingerprint density at radius 2 is 1.98 bits per heavy atom. The van der Waals surface area contributed by atoms with Crippen molar-refractivity contribution < 1.29 is 23.9 Å². The van der Waals surface area contributed by atoms with Gasteiger partial charge >= 0.3 is 6.03 Å². The van der Waals surface area contributed by atoms with Gasteiger partial charge in [0.05, 0.1) is 24.4 Å². The molecule has 0 radical (unpaired) electrons. The predicted octanol–water partition coefficient (Wildman–Crippen LogP) is 2.91. The Balaban J connectivity index is 1.53. The van der Waals surface area contributed by atoms with Gasteiger partial charge in [0.25, 0.3) is 5.91 Å². The van der Waals surface area contributed by atoms with Crippen molar-refractivity contribution in [3.63, 3.8) is 0 Å². The third-order valence-electron chi connectivity index (χ3n) is 7.61. The summed E-state index contributed by atoms with van der Waals surface area (Å²) in [5.74, 6) is -0.306. The molecule has 2 aromatic heterocycles. The molecule has 41 heavy (non-hydrogen) atoms. The summed E-state index contributed by atoms with van der Waals surface area (Å²) in [7, 11) is 5.03. The lowest BCUT2D eigenvalue weighted by atomic mass is 9.92. The maximum absolute atomic E-state index is 13.3. The molecule has 0 bridgehead atoms. The molecule has 1 fully saturated rings. The van der Waals surface area contributed by atoms with Crippen LogP contribution in [-0.4, -0.2) is 82.0 Å². The summed E-state index contributed by atoms with van der Waals surface area (Å²) in [5, 5.41) is 10.3. The number of nitrogens with one attached hydrogen (secondary N) is 2. The molecule has 1 aromatic carbocycles. The second kappa shape index (κ2) is 13.0. The van der Waals surface area contributed by atoms with E-state index in [2.05, 4.69) is 20.7 Å². The molecule has 2 unspecified atom stereocenters. The minimum absolute atomic E-state index is 0.136. The van der Waals surface area contributed by atoms with Gasteiger partial charge in [-0.05, 0) is 64.2 Å². The highest BCUT2D eigenvalue weighted by molar-refractivity contribution is 6.04. The molecule has 0 saturated heterocycles. The summed E-state index contributed by atoms with van der Waals surface area (Å²) in [6, 6.07) is 4.84. The Labute approximate surface area is 239 Å². The van der Waals surface area contributed by atoms with E-state index in [-0.39, 0.29) is 35.6 Å². The average Bonchev–Trinajstić information content (AvgIpc) is 3.53. The van der Waals surface area contributed by atoms with E-state index in [4.69, 9.17) is 15.2 Å². The fourth-order valence-corrected chi connectivity index (χ4v) is 5.39. The SMILES string of the molecule is CCn1nc(C)cc1C(=O)Nc1nc2cc(C(N)=O)cc(OC)c2n1CCCNC(=O)N(C)C1CCCC(OC)C1. The molecule has 13 heteroatoms. The van der Waals surface area contributed by atoms with Crippen molar-refractivity contribution in [2.24, 2.45) is 5.73 Å². The van der Waals surface area contributed by atoms with E-state index in [0.29, 0.717) is 48.5 Å². The smallest absolute Gasteiger partial charge is 0.317 e. The zero-order valence-electron chi connectivity index (χ0n) is 24.4. The van der Waals surface area contributed by atoms with E-state index >= 15 is 0 Å². The summed E-state index contributed by atoms with van der Waals surface area (Å²) in [5.41, 5.74) is 7.95. The molecule has 2 heterocycles. The van der Waals surface area contributed by atoms with Crippen molar-refractivity contribution in [2.45, 2.75) is 71.2 Å². The van der Waals surface area contributed by atoms with Gasteiger partial charge in [0.15, 0.2) is 0 Å². The third-order valence-corrected chi connectivity index (χ3v) is 7.61. The number of carbonyl (C=O) groups excluding carboxylic acids is 3. The normalized spacial score (nSPS) is 16.9. The first-order chi connectivity index (χ1) is 19.7. The molecule has 1 aliphatic carbocycles. The number of carbonyl (C=O) groups is 3. The molecule has 0 spiro atoms. The van der Waals surface area contributed by atoms with Gasteiger partial charge in [0.2, 0.25) is 11.9 Å². The Morgan fingerprint density at radius 3 is 2.66 bits per heavy atom. The minimum atomic E-state index is -0.616. The van der Waals surface area contributed by atoms with E-state index < -0.39 is 5.91 Å². The van der Waals surface area contributed by atoms with Crippen LogP contribution in [0.1, 0.15) is 65.6 Å². The summed E-state index contributed by atoms with van der Waals surface area (Å²) < 4.78 is 14.5. The number of aryl methyl sites for hydroxylation is 3. The Morgan fingerprint density at radius 1 is 1.20 bits per heavy atom. The molecule has 3 aromatic rings. The van der Waals surface area contributed by atoms with Crippen LogP contribution in [0.3, 0.4) is 0 Å². The van der Waals surface area contributed by atoms with Crippen LogP contribution in [0.2, 0.25) is 0 Å². The van der Waals surface area contributed by atoms with Crippen molar-refractivity contribution in [3.05, 3.63) is 35.2 Å². The van der Waals surface area contributed by atoms with Crippen molar-refractivity contribution >= 4 is 34.8 Å². The minimum Gasteiger partial charge on any atom is -0.494 e. The number of amides is 4. The van der Waals surface area contributed by atoms with Gasteiger partial charge in [0, 0.05) is 45.4 Å². The second-order valence-corrected chi connectivity index (χ2v) is 10.3. The molecule has 1 saturated carbocycles. The van der Waals surface area contributed by atoms with E-state index in [9.17, 15) is 14.4 Å². The standard InChI is InChI=1S/C28H40N8O5/c1-6-36-22(13-17(2)33-36)26(38)32-27-31-21-14-18(25(29)37)15-23(41-5)24(21)35(27)12-8-11-30-28(39)34(3)19-9-7-10-20(16-19)40-4/h13-15,19-20H,6-12,16H2,1-5H3,(H2,29,37)(H,30,39)(H,31,32,38). The van der Waals surface area contributed by atoms with Gasteiger partial charge in [-0.15, -0.1) is 0 Å². The summed E-state index contributed by atoms with van der Waals surface area (Å²) in [4.78, 5) is 44.4. The largest absolute Gasteiger partial charge is 0.494 e. The van der Waals surface area contributed by atoms with Gasteiger partial charge in [0.1, 0.15) is 17.0 Å². The van der Waals surface area contributed by atoms with Crippen LogP contribution < -0.4 is 21.1 Å². The van der Waals surface area contributed by atoms with Crippen molar-refractivity contribution in [1.29, 1.82) is 0 Å². The number of nitrogens with zero attached hydrogens (tertiary/aromatic N) is 5. The third kappa shape index (κ3) is 6.62. The Bertz CT molecular complexity index is 1410. The van der Waals surface area contributed by atoms with E-state index in [1.165, 1.54) is 7.11 Å². The number of anilines is 1. The molecular formula is C28H40N8O5. The highest BCUT2D eigenvalue weighted by Gasteiger charge is 2.27. The number of methoxy groups -OCH3 is 2. The fourth-order valence-electron chi connectivity index (χ4n) is 5.39. The van der Waals surface area contributed by atoms with Crippen LogP contribution in [-0.2, 0) is 17.8 Å². The number of hydrogen-bond donors (Lipinski definition) is 3. The van der Waals surface area contributed by atoms with Gasteiger partial charge < -0.3 is 30.0 Å². The molecule has 4 amide bonds. The molecule has 0 aliphatic heterocycles. The lowest BCUT2D eigenvalue weighted by molar-refractivity contribution is 0.0418. The van der Waals surface area contributed by atoms with Gasteiger partial charge in [-0.3, -0.25) is 19.6 Å². The number of primary amides is 1. The van der Waals surface area contributed by atoms with Crippen molar-refractivity contribution in [2.75, 3.05) is 33.1 Å². The highest BCUT2D eigenvalue weighted by Crippen LogP contribution is 2.31. The maximum atomic E-state index is 13.3. The number of ether oxygens (including phenoxy) is 2. The van der Waals surface area contributed by atoms with Gasteiger partial charge in [-0.25, -0.2) is 9.78 Å². The summed E-state index contributed by atoms with van der Waals surface area (Å²) in [6.07, 6.45) is 4.56. The fraction of sp³-hybridized carbons (Fsp3) is 0.536. The van der Waals surface area contributed by atoms with E-state index in [1.807, 2.05) is 25.5 Å². The van der Waals surface area contributed by atoms with Crippen molar-refractivity contribution in [3.8, 4) is 5.75 Å². The zero-order valence-corrected chi connectivity index (χ0v) is 24.4. The quantitative estimate of drug-likeness (QED) is 0.300. The number of benzene rings is 1. The van der Waals surface area contributed by atoms with Crippen LogP contribution >= 0.6 is 0 Å². The van der Waals surface area contributed by atoms with E-state index in [1.54, 1.807) is 34.9 Å². The van der Waals surface area contributed by atoms with Gasteiger partial charge in [-0.1, -0.05) is 0 Å². The maximum Gasteiger partial charge on any atom is 0.317 e. The molecule has 13 nitrogen and oxygen atoms in total. The van der Waals surface area contributed by atoms with Crippen LogP contribution in [0.4, 0.5) is 10.7 Å². The first kappa shape index (κ1) is 29.8. The number of rotatable bonds is 11. The van der Waals surface area contributed by atoms with Crippen molar-refractivity contribution in [1.82, 2.24) is 29.5 Å². The first-order valence-corrected chi connectivity index (χ1v) is 13.9. The Kier molecular flexibility index (Phi) is 9.48. The number of aromatic nitrogens is 4. The molecule has 1 aliphatic rings. The number of nitrogens with two attached hydrogens (primary N) is 1. The highest BCUT2D eigenvalue weighted by atomic mass is 16.5. The molecular weight excluding hydrogens is 528 g/mol. The second-order valence-electron chi connectivity index (χ2n) is 10.3. The zero-order chi connectivity index (χ0) is 29.7. The number of urea groups is 1. The van der Waals surface area contributed by atoms with Crippen LogP contribution in [0.15, 0.2) is 18.2 Å². The molecule has 4 rings (SSSR count). The first-order valence-electron chi connectivity index (χ1n) is 13.9. The number of fused-ring (bicyclic) bond motifs is 1. The molecule has 2 atom stereocenters. The number of imidazole rings is 1. The molecule has 4 N–H and O–H groups in total. The monoisotopic (exact) mass is 568 g/mol. The van der Waals surface area contributed by atoms with Crippen LogP contribution in [0.25, 0.3) is 11.0 Å². The van der Waals surface area contributed by atoms with Crippen LogP contribution in [0, 0.1) is 6.92 Å². The van der Waals surface area contributed by atoms with Gasteiger partial charge in [-0.2, -0.15) is 5.10 Å². The summed E-state index contributed by atoms with van der Waals surface area (Å²) in [6.45, 7) is 5.07. The summed E-state index contributed by atoms with van der Waals surface area (Å²) >= 11 is 0. The Hall–Kier alpha value is -4.13.